The summed E-state index contributed by atoms with van der Waals surface area (Å²) in [6.07, 6.45) is 1.23. The van der Waals surface area contributed by atoms with E-state index in [-0.39, 0.29) is 22.7 Å². The minimum atomic E-state index is -0.588. The number of phenols is 1. The van der Waals surface area contributed by atoms with Crippen LogP contribution in [0.1, 0.15) is 11.1 Å². The summed E-state index contributed by atoms with van der Waals surface area (Å²) in [5, 5.41) is 31.2. The summed E-state index contributed by atoms with van der Waals surface area (Å²) >= 11 is 0. The summed E-state index contributed by atoms with van der Waals surface area (Å²) in [6, 6.07) is 7.74. The van der Waals surface area contributed by atoms with Crippen LogP contribution in [-0.4, -0.2) is 21.2 Å². The van der Waals surface area contributed by atoms with Gasteiger partial charge in [-0.1, -0.05) is 6.07 Å². The first-order valence-electron chi connectivity index (χ1n) is 6.15. The zero-order valence-corrected chi connectivity index (χ0v) is 11.5. The highest BCUT2D eigenvalue weighted by Gasteiger charge is 2.10. The maximum Gasteiger partial charge on any atom is 0.271 e. The topological polar surface area (TPSA) is 119 Å². The molecule has 0 aliphatic carbocycles. The van der Waals surface area contributed by atoms with Gasteiger partial charge < -0.3 is 5.11 Å². The van der Waals surface area contributed by atoms with Gasteiger partial charge in [0, 0.05) is 36.0 Å². The summed E-state index contributed by atoms with van der Waals surface area (Å²) in [7, 11) is 0. The smallest absolute Gasteiger partial charge is 0.271 e. The summed E-state index contributed by atoms with van der Waals surface area (Å²) in [5.74, 6) is -0.169. The Balaban J connectivity index is 2.40. The second-order valence-corrected chi connectivity index (χ2v) is 4.49. The van der Waals surface area contributed by atoms with Gasteiger partial charge in [-0.2, -0.15) is 0 Å². The molecule has 2 aromatic rings. The molecule has 0 unspecified atom stereocenters. The van der Waals surface area contributed by atoms with Crippen LogP contribution >= 0.6 is 0 Å². The summed E-state index contributed by atoms with van der Waals surface area (Å²) < 4.78 is 0. The number of nitro benzene ring substituents is 2. The second-order valence-electron chi connectivity index (χ2n) is 4.49. The first kappa shape index (κ1) is 15.1. The van der Waals surface area contributed by atoms with Gasteiger partial charge in [-0.05, 0) is 18.6 Å². The maximum atomic E-state index is 10.8. The molecular weight excluding hydrogens is 290 g/mol. The molecule has 0 saturated heterocycles. The predicted octanol–water partition coefficient (Wildman–Crippen LogP) is 3.27. The lowest BCUT2D eigenvalue weighted by atomic mass is 10.1. The Morgan fingerprint density at radius 2 is 1.64 bits per heavy atom. The molecule has 0 radical (unpaired) electrons. The fourth-order valence-electron chi connectivity index (χ4n) is 1.75. The van der Waals surface area contributed by atoms with Gasteiger partial charge in [-0.15, -0.1) is 0 Å². The molecule has 0 bridgehead atoms. The average Bonchev–Trinajstić information content (AvgIpc) is 2.47. The Morgan fingerprint density at radius 3 is 2.27 bits per heavy atom. The molecule has 0 saturated carbocycles. The number of aryl methyl sites for hydroxylation is 1. The van der Waals surface area contributed by atoms with Crippen molar-refractivity contribution < 1.29 is 15.0 Å². The van der Waals surface area contributed by atoms with E-state index < -0.39 is 9.85 Å². The van der Waals surface area contributed by atoms with E-state index in [0.29, 0.717) is 11.3 Å². The molecule has 0 aromatic heterocycles. The normalized spacial score (nSPS) is 10.8. The number of hydrogen-bond donors (Lipinski definition) is 1. The zero-order chi connectivity index (χ0) is 16.3. The van der Waals surface area contributed by atoms with Crippen LogP contribution in [0, 0.1) is 27.2 Å². The van der Waals surface area contributed by atoms with E-state index in [1.54, 1.807) is 13.0 Å². The molecule has 0 spiro atoms. The first-order chi connectivity index (χ1) is 10.4. The molecule has 0 aliphatic rings. The van der Waals surface area contributed by atoms with Crippen LogP contribution in [0.4, 0.5) is 17.1 Å². The van der Waals surface area contributed by atoms with E-state index in [9.17, 15) is 25.3 Å². The second kappa shape index (κ2) is 6.00. The van der Waals surface area contributed by atoms with Gasteiger partial charge in [0.05, 0.1) is 15.5 Å². The van der Waals surface area contributed by atoms with E-state index >= 15 is 0 Å². The largest absolute Gasteiger partial charge is 0.507 e. The third-order valence-electron chi connectivity index (χ3n) is 2.97. The Bertz CT molecular complexity index is 721. The van der Waals surface area contributed by atoms with Crippen LogP contribution in [0.5, 0.6) is 5.75 Å². The van der Waals surface area contributed by atoms with Gasteiger partial charge in [0.1, 0.15) is 5.75 Å². The van der Waals surface area contributed by atoms with Crippen LogP contribution in [0.25, 0.3) is 0 Å². The molecular formula is C14H11N3O5. The highest BCUT2D eigenvalue weighted by atomic mass is 16.6. The Kier molecular flexibility index (Phi) is 4.12. The molecule has 112 valence electrons. The molecule has 1 N–H and O–H groups in total. The third kappa shape index (κ3) is 3.23. The minimum Gasteiger partial charge on any atom is -0.507 e. The molecule has 8 nitrogen and oxygen atoms in total. The van der Waals surface area contributed by atoms with Crippen molar-refractivity contribution >= 4 is 23.3 Å². The summed E-state index contributed by atoms with van der Waals surface area (Å²) in [5.41, 5.74) is 0.906. The van der Waals surface area contributed by atoms with E-state index in [1.807, 2.05) is 0 Å². The van der Waals surface area contributed by atoms with Gasteiger partial charge in [0.25, 0.3) is 11.4 Å². The number of rotatable bonds is 4. The van der Waals surface area contributed by atoms with Crippen molar-refractivity contribution in [3.63, 3.8) is 0 Å². The average molecular weight is 301 g/mol. The van der Waals surface area contributed by atoms with Gasteiger partial charge in [0.15, 0.2) is 0 Å². The lowest BCUT2D eigenvalue weighted by Gasteiger charge is -2.01. The quantitative estimate of drug-likeness (QED) is 0.528. The fraction of sp³-hybridized carbons (Fsp3) is 0.0714. The van der Waals surface area contributed by atoms with Crippen molar-refractivity contribution in [3.05, 3.63) is 67.8 Å². The van der Waals surface area contributed by atoms with Crippen molar-refractivity contribution in [2.24, 2.45) is 4.99 Å². The molecule has 0 heterocycles. The van der Waals surface area contributed by atoms with Gasteiger partial charge in [-0.3, -0.25) is 25.2 Å². The number of nitrogens with zero attached hydrogens (tertiary/aromatic N) is 3. The highest BCUT2D eigenvalue weighted by Crippen LogP contribution is 2.26. The van der Waals surface area contributed by atoms with E-state index in [4.69, 9.17) is 0 Å². The van der Waals surface area contributed by atoms with Crippen molar-refractivity contribution in [2.75, 3.05) is 0 Å². The zero-order valence-electron chi connectivity index (χ0n) is 11.5. The number of nitro groups is 2. The molecule has 22 heavy (non-hydrogen) atoms. The molecule has 0 atom stereocenters. The number of non-ortho nitro benzene ring substituents is 2. The van der Waals surface area contributed by atoms with Crippen LogP contribution in [-0.2, 0) is 0 Å². The molecule has 0 fully saturated rings. The first-order valence-corrected chi connectivity index (χ1v) is 6.15. The predicted molar refractivity (Wildman–Crippen MR) is 79.8 cm³/mol. The van der Waals surface area contributed by atoms with Crippen molar-refractivity contribution in [2.45, 2.75) is 6.92 Å². The van der Waals surface area contributed by atoms with Gasteiger partial charge in [0.2, 0.25) is 0 Å². The molecule has 0 aliphatic heterocycles. The summed E-state index contributed by atoms with van der Waals surface area (Å²) in [6.45, 7) is 1.73. The Morgan fingerprint density at radius 1 is 1.05 bits per heavy atom. The van der Waals surface area contributed by atoms with Crippen LogP contribution in [0.3, 0.4) is 0 Å². The monoisotopic (exact) mass is 301 g/mol. The minimum absolute atomic E-state index is 0.110. The third-order valence-corrected chi connectivity index (χ3v) is 2.97. The standard InChI is InChI=1S/C14H11N3O5/c1-9-2-3-12(17(21)22)7-13(9)15-8-10-6-11(16(19)20)4-5-14(10)18/h2-8,18H,1H3. The van der Waals surface area contributed by atoms with Gasteiger partial charge >= 0.3 is 0 Å². The highest BCUT2D eigenvalue weighted by molar-refractivity contribution is 5.86. The van der Waals surface area contributed by atoms with Crippen LogP contribution in [0.2, 0.25) is 0 Å². The van der Waals surface area contributed by atoms with E-state index in [1.165, 1.54) is 36.5 Å². The number of hydrogen-bond acceptors (Lipinski definition) is 6. The lowest BCUT2D eigenvalue weighted by Crippen LogP contribution is -1.91. The molecule has 8 heteroatoms. The van der Waals surface area contributed by atoms with Crippen molar-refractivity contribution in [1.82, 2.24) is 0 Å². The van der Waals surface area contributed by atoms with Crippen molar-refractivity contribution in [1.29, 1.82) is 0 Å². The van der Waals surface area contributed by atoms with Crippen molar-refractivity contribution in [3.8, 4) is 5.75 Å². The lowest BCUT2D eigenvalue weighted by molar-refractivity contribution is -0.385. The molecule has 2 aromatic carbocycles. The SMILES string of the molecule is Cc1ccc([N+](=O)[O-])cc1N=Cc1cc([N+](=O)[O-])ccc1O. The molecule has 2 rings (SSSR count). The summed E-state index contributed by atoms with van der Waals surface area (Å²) in [4.78, 5) is 24.4. The number of benzene rings is 2. The number of aromatic hydroxyl groups is 1. The van der Waals surface area contributed by atoms with Gasteiger partial charge in [-0.25, -0.2) is 0 Å². The van der Waals surface area contributed by atoms with Crippen LogP contribution < -0.4 is 0 Å². The Labute approximate surface area is 124 Å². The Hall–Kier alpha value is -3.29. The number of phenolic OH excluding ortho intramolecular Hbond substituents is 1. The van der Waals surface area contributed by atoms with E-state index in [2.05, 4.69) is 4.99 Å². The maximum absolute atomic E-state index is 10.8. The van der Waals surface area contributed by atoms with Crippen LogP contribution in [0.15, 0.2) is 41.4 Å². The fourth-order valence-corrected chi connectivity index (χ4v) is 1.75. The number of aliphatic imine (C=N–C) groups is 1. The van der Waals surface area contributed by atoms with E-state index in [0.717, 1.165) is 0 Å². The molecule has 0 amide bonds.